The second-order valence-electron chi connectivity index (χ2n) is 1.81. The van der Waals surface area contributed by atoms with E-state index in [1.807, 2.05) is 6.92 Å². The van der Waals surface area contributed by atoms with Crippen LogP contribution in [0.1, 0.15) is 20.3 Å². The molecule has 4 heteroatoms. The van der Waals surface area contributed by atoms with Gasteiger partial charge < -0.3 is 9.57 Å². The van der Waals surface area contributed by atoms with Gasteiger partial charge in [-0.15, -0.1) is 0 Å². The predicted octanol–water partition coefficient (Wildman–Crippen LogP) is 0.734. The highest BCUT2D eigenvalue weighted by Gasteiger charge is 2.09. The number of ether oxygens (including phenoxy) is 1. The number of hydrogen-bond acceptors (Lipinski definition) is 4. The van der Waals surface area contributed by atoms with Crippen molar-refractivity contribution >= 4 is 5.97 Å². The summed E-state index contributed by atoms with van der Waals surface area (Å²) in [7, 11) is 0. The fourth-order valence-corrected chi connectivity index (χ4v) is 0.600. The second-order valence-corrected chi connectivity index (χ2v) is 1.81. The first-order chi connectivity index (χ1) is 5.26. The van der Waals surface area contributed by atoms with Crippen LogP contribution >= 0.6 is 0 Å². The SMILES string of the molecule is CCC=C(OCC)C(=O)ON. The average Bonchev–Trinajstić information content (AvgIpc) is 2.03. The first kappa shape index (κ1) is 9.97. The standard InChI is InChI=1S/C7H13NO3/c1-3-5-6(10-4-2)7(9)11-8/h5H,3-4,8H2,1-2H3. The van der Waals surface area contributed by atoms with Gasteiger partial charge in [0.1, 0.15) is 0 Å². The van der Waals surface area contributed by atoms with Crippen LogP contribution in [0.4, 0.5) is 0 Å². The van der Waals surface area contributed by atoms with Gasteiger partial charge in [0.15, 0.2) is 0 Å². The smallest absolute Gasteiger partial charge is 0.391 e. The van der Waals surface area contributed by atoms with E-state index in [0.717, 1.165) is 0 Å². The van der Waals surface area contributed by atoms with Gasteiger partial charge in [0.05, 0.1) is 6.61 Å². The molecule has 0 radical (unpaired) electrons. The molecule has 0 spiro atoms. The number of hydrogen-bond donors (Lipinski definition) is 1. The molecule has 0 aromatic heterocycles. The van der Waals surface area contributed by atoms with Crippen LogP contribution in [0.3, 0.4) is 0 Å². The monoisotopic (exact) mass is 159 g/mol. The van der Waals surface area contributed by atoms with E-state index in [4.69, 9.17) is 4.74 Å². The van der Waals surface area contributed by atoms with E-state index < -0.39 is 5.97 Å². The zero-order valence-electron chi connectivity index (χ0n) is 6.79. The average molecular weight is 159 g/mol. The lowest BCUT2D eigenvalue weighted by Crippen LogP contribution is -2.14. The third-order valence-electron chi connectivity index (χ3n) is 0.998. The van der Waals surface area contributed by atoms with E-state index in [1.165, 1.54) is 0 Å². The summed E-state index contributed by atoms with van der Waals surface area (Å²) >= 11 is 0. The van der Waals surface area contributed by atoms with Gasteiger partial charge >= 0.3 is 5.97 Å². The van der Waals surface area contributed by atoms with E-state index in [1.54, 1.807) is 13.0 Å². The second kappa shape index (κ2) is 5.73. The van der Waals surface area contributed by atoms with E-state index in [2.05, 4.69) is 10.7 Å². The molecule has 0 saturated carbocycles. The lowest BCUT2D eigenvalue weighted by atomic mass is 10.4. The van der Waals surface area contributed by atoms with E-state index in [0.29, 0.717) is 13.0 Å². The summed E-state index contributed by atoms with van der Waals surface area (Å²) in [6.45, 7) is 4.11. The molecule has 0 rings (SSSR count). The minimum atomic E-state index is -0.631. The molecule has 0 bridgehead atoms. The number of allylic oxidation sites excluding steroid dienone is 1. The molecule has 0 aromatic rings. The highest BCUT2D eigenvalue weighted by molar-refractivity contribution is 5.85. The molecule has 0 fully saturated rings. The quantitative estimate of drug-likeness (QED) is 0.373. The molecule has 0 saturated heterocycles. The third kappa shape index (κ3) is 3.62. The fraction of sp³-hybridized carbons (Fsp3) is 0.571. The molecular weight excluding hydrogens is 146 g/mol. The van der Waals surface area contributed by atoms with Crippen molar-refractivity contribution in [2.75, 3.05) is 6.61 Å². The van der Waals surface area contributed by atoms with Crippen LogP contribution in [-0.4, -0.2) is 12.6 Å². The molecule has 0 aliphatic carbocycles. The largest absolute Gasteiger partial charge is 0.487 e. The Morgan fingerprint density at radius 2 is 2.18 bits per heavy atom. The summed E-state index contributed by atoms with van der Waals surface area (Å²) in [4.78, 5) is 14.7. The molecule has 0 aliphatic rings. The Morgan fingerprint density at radius 1 is 1.55 bits per heavy atom. The van der Waals surface area contributed by atoms with Gasteiger partial charge in [-0.3, -0.25) is 0 Å². The van der Waals surface area contributed by atoms with Crippen molar-refractivity contribution in [2.24, 2.45) is 5.90 Å². The summed E-state index contributed by atoms with van der Waals surface area (Å²) in [5.74, 6) is 4.21. The lowest BCUT2D eigenvalue weighted by molar-refractivity contribution is -0.143. The maximum Gasteiger partial charge on any atom is 0.391 e. The Labute approximate surface area is 65.9 Å². The first-order valence-corrected chi connectivity index (χ1v) is 3.50. The van der Waals surface area contributed by atoms with Gasteiger partial charge in [0.2, 0.25) is 5.76 Å². The molecule has 2 N–H and O–H groups in total. The number of rotatable bonds is 4. The summed E-state index contributed by atoms with van der Waals surface area (Å²) in [5.41, 5.74) is 0. The van der Waals surface area contributed by atoms with Crippen molar-refractivity contribution in [3.63, 3.8) is 0 Å². The molecule has 0 unspecified atom stereocenters. The summed E-state index contributed by atoms with van der Waals surface area (Å²) in [5, 5.41) is 0. The van der Waals surface area contributed by atoms with Gasteiger partial charge in [-0.05, 0) is 19.4 Å². The zero-order valence-corrected chi connectivity index (χ0v) is 6.79. The Hall–Kier alpha value is -1.03. The molecule has 0 amide bonds. The Kier molecular flexibility index (Phi) is 5.20. The molecule has 11 heavy (non-hydrogen) atoms. The molecule has 4 nitrogen and oxygen atoms in total. The van der Waals surface area contributed by atoms with Crippen molar-refractivity contribution < 1.29 is 14.4 Å². The Bertz CT molecular complexity index is 154. The lowest BCUT2D eigenvalue weighted by Gasteiger charge is -2.03. The van der Waals surface area contributed by atoms with Crippen molar-refractivity contribution in [3.05, 3.63) is 11.8 Å². The first-order valence-electron chi connectivity index (χ1n) is 3.50. The minimum Gasteiger partial charge on any atom is -0.487 e. The Balaban J connectivity index is 4.09. The van der Waals surface area contributed by atoms with Crippen LogP contribution in [-0.2, 0) is 14.4 Å². The molecule has 0 atom stereocenters. The summed E-state index contributed by atoms with van der Waals surface area (Å²) < 4.78 is 4.94. The van der Waals surface area contributed by atoms with Crippen LogP contribution in [0.25, 0.3) is 0 Å². The van der Waals surface area contributed by atoms with E-state index in [9.17, 15) is 4.79 Å². The van der Waals surface area contributed by atoms with E-state index >= 15 is 0 Å². The van der Waals surface area contributed by atoms with Crippen molar-refractivity contribution in [2.45, 2.75) is 20.3 Å². The van der Waals surface area contributed by atoms with Gasteiger partial charge in [-0.1, -0.05) is 6.92 Å². The van der Waals surface area contributed by atoms with Gasteiger partial charge in [-0.25, -0.2) is 4.79 Å². The van der Waals surface area contributed by atoms with Crippen LogP contribution in [0.5, 0.6) is 0 Å². The number of nitrogens with two attached hydrogens (primary N) is 1. The van der Waals surface area contributed by atoms with Gasteiger partial charge in [0, 0.05) is 0 Å². The van der Waals surface area contributed by atoms with Crippen LogP contribution in [0.15, 0.2) is 11.8 Å². The molecule has 0 heterocycles. The minimum absolute atomic E-state index is 0.178. The topological polar surface area (TPSA) is 61.5 Å². The highest BCUT2D eigenvalue weighted by Crippen LogP contribution is 2.00. The maximum absolute atomic E-state index is 10.8. The fourth-order valence-electron chi connectivity index (χ4n) is 0.600. The van der Waals surface area contributed by atoms with Crippen LogP contribution < -0.4 is 5.90 Å². The van der Waals surface area contributed by atoms with Crippen LogP contribution in [0, 0.1) is 0 Å². The van der Waals surface area contributed by atoms with Crippen molar-refractivity contribution in [1.82, 2.24) is 0 Å². The number of carbonyl (C=O) groups is 1. The van der Waals surface area contributed by atoms with E-state index in [-0.39, 0.29) is 5.76 Å². The molecule has 0 aliphatic heterocycles. The molecule has 0 aromatic carbocycles. The van der Waals surface area contributed by atoms with Gasteiger partial charge in [0.25, 0.3) is 0 Å². The Morgan fingerprint density at radius 3 is 2.55 bits per heavy atom. The highest BCUT2D eigenvalue weighted by atomic mass is 16.7. The maximum atomic E-state index is 10.8. The molecule has 64 valence electrons. The predicted molar refractivity (Wildman–Crippen MR) is 40.3 cm³/mol. The number of carbonyl (C=O) groups excluding carboxylic acids is 1. The van der Waals surface area contributed by atoms with Gasteiger partial charge in [-0.2, -0.15) is 5.90 Å². The van der Waals surface area contributed by atoms with Crippen molar-refractivity contribution in [3.8, 4) is 0 Å². The summed E-state index contributed by atoms with van der Waals surface area (Å²) in [6.07, 6.45) is 2.34. The van der Waals surface area contributed by atoms with Crippen LogP contribution in [0.2, 0.25) is 0 Å². The zero-order chi connectivity index (χ0) is 8.69. The third-order valence-corrected chi connectivity index (χ3v) is 0.998. The summed E-state index contributed by atoms with van der Waals surface area (Å²) in [6, 6.07) is 0. The normalized spacial score (nSPS) is 11.0. The van der Waals surface area contributed by atoms with Crippen molar-refractivity contribution in [1.29, 1.82) is 0 Å². The molecular formula is C7H13NO3.